The van der Waals surface area contributed by atoms with Gasteiger partial charge in [-0.15, -0.1) is 0 Å². The Morgan fingerprint density at radius 3 is 0.643 bits per heavy atom. The molecule has 0 amide bonds. The first-order valence-corrected chi connectivity index (χ1v) is 12.6. The van der Waals surface area contributed by atoms with Gasteiger partial charge in [0.15, 0.2) is 0 Å². The molecule has 0 spiro atoms. The topological polar surface area (TPSA) is 0 Å². The quantitative estimate of drug-likeness (QED) is 0.308. The number of hydrogen-bond donors (Lipinski definition) is 0. The summed E-state index contributed by atoms with van der Waals surface area (Å²) < 4.78 is 0. The Kier molecular flexibility index (Phi) is 176. The molecule has 92 valence electrons. The van der Waals surface area contributed by atoms with Crippen molar-refractivity contribution >= 4 is 97.1 Å². The van der Waals surface area contributed by atoms with Gasteiger partial charge in [-0.2, -0.15) is 23.0 Å². The van der Waals surface area contributed by atoms with Gasteiger partial charge in [0.2, 0.25) is 0 Å². The zero-order chi connectivity index (χ0) is 10.8. The predicted octanol–water partition coefficient (Wildman–Crippen LogP) is 0.912. The molecule has 0 aromatic carbocycles. The summed E-state index contributed by atoms with van der Waals surface area (Å²) >= 11 is 20.1. The molecule has 0 saturated carbocycles. The molecule has 0 rings (SSSR count). The van der Waals surface area contributed by atoms with Crippen molar-refractivity contribution in [2.24, 2.45) is 0 Å². The van der Waals surface area contributed by atoms with Crippen LogP contribution in [-0.4, -0.2) is 23.0 Å². The van der Waals surface area contributed by atoms with Crippen molar-refractivity contribution < 1.29 is 36.0 Å². The maximum atomic E-state index is 4.45. The van der Waals surface area contributed by atoms with Gasteiger partial charge in [0.1, 0.15) is 0 Å². The van der Waals surface area contributed by atoms with Crippen LogP contribution in [-0.2, 0) is 113 Å². The van der Waals surface area contributed by atoms with E-state index < -0.39 is 0 Å². The number of thiol groups is 2. The van der Waals surface area contributed by atoms with Crippen molar-refractivity contribution in [1.29, 1.82) is 0 Å². The molecule has 10 heteroatoms. The van der Waals surface area contributed by atoms with Crippen LogP contribution in [0.2, 0.25) is 0 Å². The van der Waals surface area contributed by atoms with Crippen molar-refractivity contribution in [2.45, 2.75) is 0 Å². The zero-order valence-electron chi connectivity index (χ0n) is 6.99. The third-order valence-electron chi connectivity index (χ3n) is 0.167. The van der Waals surface area contributed by atoms with Gasteiger partial charge in [-0.25, -0.2) is 0 Å². The Bertz CT molecular complexity index is 40.3. The SMILES string of the molecule is [S-]CC[S-].[S-]CC[S-].[SH-].[SH-].[S]=[W].[S]=[W]. The van der Waals surface area contributed by atoms with E-state index in [1.807, 2.05) is 0 Å². The van der Waals surface area contributed by atoms with E-state index in [1.54, 1.807) is 0 Å². The summed E-state index contributed by atoms with van der Waals surface area (Å²) in [6.07, 6.45) is 0. The summed E-state index contributed by atoms with van der Waals surface area (Å²) in [5.41, 5.74) is 0. The van der Waals surface area contributed by atoms with E-state index in [0.717, 1.165) is 23.0 Å². The van der Waals surface area contributed by atoms with E-state index >= 15 is 0 Å². The van der Waals surface area contributed by atoms with Gasteiger partial charge in [0.25, 0.3) is 0 Å². The first-order valence-electron chi connectivity index (χ1n) is 2.49. The van der Waals surface area contributed by atoms with Gasteiger partial charge < -0.3 is 77.5 Å². The van der Waals surface area contributed by atoms with Crippen molar-refractivity contribution in [3.8, 4) is 0 Å². The minimum absolute atomic E-state index is 0. The molecule has 0 aliphatic heterocycles. The summed E-state index contributed by atoms with van der Waals surface area (Å²) in [6, 6.07) is 0. The van der Waals surface area contributed by atoms with Crippen molar-refractivity contribution in [2.75, 3.05) is 23.0 Å². The van der Waals surface area contributed by atoms with E-state index in [4.69, 9.17) is 0 Å². The molecular formula is C4H10S8W2-6. The summed E-state index contributed by atoms with van der Waals surface area (Å²) in [6.45, 7) is 0. The molecule has 0 aromatic heterocycles. The Hall–Kier alpha value is 3.92. The van der Waals surface area contributed by atoms with Gasteiger partial charge in [0.05, 0.1) is 0 Å². The monoisotopic (exact) mass is 682 g/mol. The molecule has 0 fully saturated rings. The fourth-order valence-electron chi connectivity index (χ4n) is 0. The van der Waals surface area contributed by atoms with Gasteiger partial charge in [-0.3, -0.25) is 0 Å². The molecule has 0 N–H and O–H groups in total. The Morgan fingerprint density at radius 2 is 0.643 bits per heavy atom. The minimum atomic E-state index is 0. The molecule has 0 aliphatic rings. The predicted molar refractivity (Wildman–Crippen MR) is 81.6 cm³/mol. The molecular weight excluding hydrogens is 672 g/mol. The van der Waals surface area contributed by atoms with Crippen molar-refractivity contribution in [3.05, 3.63) is 0 Å². The molecule has 0 saturated heterocycles. The summed E-state index contributed by atoms with van der Waals surface area (Å²) in [4.78, 5) is 0. The standard InChI is InChI=1S/2C2H6S2.2H2S.2S.2W/c2*3-1-2-4;;;;;;/h2*3-4H,1-2H2;2*1H2;;;;/p-6. The Balaban J connectivity index is -0.0000000153. The molecule has 0 nitrogen and oxygen atoms in total. The van der Waals surface area contributed by atoms with Crippen LogP contribution in [0.1, 0.15) is 0 Å². The van der Waals surface area contributed by atoms with Crippen LogP contribution in [0.25, 0.3) is 0 Å². The average Bonchev–Trinajstić information content (AvgIpc) is 2.23. The summed E-state index contributed by atoms with van der Waals surface area (Å²) in [7, 11) is 8.33. The molecule has 14 heavy (non-hydrogen) atoms. The van der Waals surface area contributed by atoms with Gasteiger partial charge in [-0.1, -0.05) is 0 Å². The van der Waals surface area contributed by atoms with E-state index in [9.17, 15) is 0 Å². The van der Waals surface area contributed by atoms with E-state index in [2.05, 4.69) is 70.2 Å². The van der Waals surface area contributed by atoms with Crippen LogP contribution in [0.5, 0.6) is 0 Å². The number of rotatable bonds is 2. The van der Waals surface area contributed by atoms with Crippen LogP contribution in [0, 0.1) is 0 Å². The fraction of sp³-hybridized carbons (Fsp3) is 1.00. The Labute approximate surface area is 154 Å². The molecule has 0 aliphatic carbocycles. The molecule has 0 radical (unpaired) electrons. The summed E-state index contributed by atoms with van der Waals surface area (Å²) in [5, 5.41) is 0. The first-order chi connectivity index (χ1) is 5.83. The summed E-state index contributed by atoms with van der Waals surface area (Å²) in [5.74, 6) is 2.87. The van der Waals surface area contributed by atoms with Crippen LogP contribution in [0.3, 0.4) is 0 Å². The van der Waals surface area contributed by atoms with Gasteiger partial charge in [0, 0.05) is 0 Å². The second kappa shape index (κ2) is 68.4. The van der Waals surface area contributed by atoms with Crippen LogP contribution in [0.4, 0.5) is 0 Å². The van der Waals surface area contributed by atoms with Gasteiger partial charge >= 0.3 is 55.6 Å². The first kappa shape index (κ1) is 36.1. The molecule has 0 heterocycles. The molecule has 0 unspecified atom stereocenters. The molecule has 0 bridgehead atoms. The van der Waals surface area contributed by atoms with Crippen LogP contribution < -0.4 is 0 Å². The van der Waals surface area contributed by atoms with Crippen molar-refractivity contribution in [3.63, 3.8) is 0 Å². The van der Waals surface area contributed by atoms with Crippen LogP contribution >= 0.6 is 19.6 Å². The fourth-order valence-corrected chi connectivity index (χ4v) is 0. The van der Waals surface area contributed by atoms with E-state index in [-0.39, 0.29) is 27.0 Å². The third kappa shape index (κ3) is 101. The molecule has 0 aromatic rings. The second-order valence-electron chi connectivity index (χ2n) is 0.816. The van der Waals surface area contributed by atoms with E-state index in [0.29, 0.717) is 0 Å². The third-order valence-corrected chi connectivity index (χ3v) is 1.50. The average molecular weight is 682 g/mol. The Morgan fingerprint density at radius 1 is 0.571 bits per heavy atom. The maximum absolute atomic E-state index is 4.45. The second-order valence-corrected chi connectivity index (χ2v) is 2.45. The van der Waals surface area contributed by atoms with Gasteiger partial charge in [-0.05, 0) is 0 Å². The molecule has 0 atom stereocenters. The van der Waals surface area contributed by atoms with E-state index in [1.165, 1.54) is 36.0 Å². The zero-order valence-corrected chi connectivity index (χ0v) is 19.5. The number of hydrogen-bond acceptors (Lipinski definition) is 8. The van der Waals surface area contributed by atoms with Crippen LogP contribution in [0.15, 0.2) is 0 Å². The van der Waals surface area contributed by atoms with Crippen molar-refractivity contribution in [1.82, 2.24) is 0 Å². The normalized spacial score (nSPS) is 4.86.